The van der Waals surface area contributed by atoms with Crippen molar-refractivity contribution in [2.45, 2.75) is 30.2 Å². The van der Waals surface area contributed by atoms with E-state index in [9.17, 15) is 9.90 Å². The van der Waals surface area contributed by atoms with Crippen molar-refractivity contribution in [3.8, 4) is 0 Å². The van der Waals surface area contributed by atoms with Crippen molar-refractivity contribution in [3.63, 3.8) is 0 Å². The number of piperidine rings is 1. The van der Waals surface area contributed by atoms with Crippen LogP contribution in [0.2, 0.25) is 0 Å². The number of aliphatic hydroxyl groups is 1. The molecule has 0 unspecified atom stereocenters. The monoisotopic (exact) mass is 392 g/mol. The van der Waals surface area contributed by atoms with Crippen LogP contribution in [0.3, 0.4) is 0 Å². The molecule has 2 atom stereocenters. The molecule has 2 saturated heterocycles. The van der Waals surface area contributed by atoms with Crippen LogP contribution in [0.5, 0.6) is 0 Å². The molecule has 6 nitrogen and oxygen atoms in total. The summed E-state index contributed by atoms with van der Waals surface area (Å²) in [6.07, 6.45) is 6.39. The van der Waals surface area contributed by atoms with Crippen LogP contribution in [0.15, 0.2) is 29.4 Å². The quantitative estimate of drug-likeness (QED) is 0.708. The summed E-state index contributed by atoms with van der Waals surface area (Å²) in [7, 11) is 2.18. The predicted octanol–water partition coefficient (Wildman–Crippen LogP) is 1.41. The smallest absolute Gasteiger partial charge is 0.232 e. The van der Waals surface area contributed by atoms with E-state index in [1.54, 1.807) is 24.2 Å². The maximum absolute atomic E-state index is 12.7. The number of likely N-dealkylation sites (N-methyl/N-ethyl adjacent to an activating group) is 1. The van der Waals surface area contributed by atoms with E-state index in [1.165, 1.54) is 0 Å². The highest BCUT2D eigenvalue weighted by molar-refractivity contribution is 8.00. The first kappa shape index (κ1) is 20.6. The van der Waals surface area contributed by atoms with Crippen molar-refractivity contribution in [2.75, 3.05) is 58.7 Å². The summed E-state index contributed by atoms with van der Waals surface area (Å²) in [5.41, 5.74) is 0. The van der Waals surface area contributed by atoms with Crippen LogP contribution in [0, 0.1) is 5.92 Å². The van der Waals surface area contributed by atoms with Gasteiger partial charge in [-0.25, -0.2) is 0 Å². The van der Waals surface area contributed by atoms with E-state index < -0.39 is 0 Å². The number of hydrogen-bond donors (Lipinski definition) is 1. The fourth-order valence-electron chi connectivity index (χ4n) is 4.19. The number of rotatable bonds is 7. The fourth-order valence-corrected chi connectivity index (χ4v) is 4.98. The van der Waals surface area contributed by atoms with Gasteiger partial charge < -0.3 is 14.9 Å². The Bertz CT molecular complexity index is 581. The van der Waals surface area contributed by atoms with Crippen molar-refractivity contribution in [2.24, 2.45) is 5.92 Å². The number of thioether (sulfide) groups is 1. The molecule has 0 bridgehead atoms. The summed E-state index contributed by atoms with van der Waals surface area (Å²) in [5.74, 6) is 1.17. The van der Waals surface area contributed by atoms with Gasteiger partial charge >= 0.3 is 0 Å². The molecule has 0 aromatic carbocycles. The van der Waals surface area contributed by atoms with Gasteiger partial charge in [-0.1, -0.05) is 0 Å². The van der Waals surface area contributed by atoms with Gasteiger partial charge in [-0.3, -0.25) is 14.7 Å². The number of aromatic nitrogens is 1. The van der Waals surface area contributed by atoms with Crippen LogP contribution in [0.1, 0.15) is 19.3 Å². The largest absolute Gasteiger partial charge is 0.396 e. The summed E-state index contributed by atoms with van der Waals surface area (Å²) >= 11 is 1.58. The Balaban J connectivity index is 1.55. The van der Waals surface area contributed by atoms with E-state index >= 15 is 0 Å². The van der Waals surface area contributed by atoms with Crippen molar-refractivity contribution in [3.05, 3.63) is 24.5 Å². The molecule has 1 aromatic heterocycles. The predicted molar refractivity (Wildman–Crippen MR) is 109 cm³/mol. The molecule has 1 aromatic rings. The number of carbonyl (C=O) groups excluding carboxylic acids is 1. The number of piperazine rings is 1. The standard InChI is InChI=1S/C20H32N4O2S/c1-22-10-12-23(13-11-22)19-6-9-24(15-17(19)3-2-14-25)20(26)16-27-18-4-7-21-8-5-18/h4-5,7-8,17,19,25H,2-3,6,9-16H2,1H3/t17-,19+/m1/s1. The third-order valence-electron chi connectivity index (χ3n) is 5.80. The third-order valence-corrected chi connectivity index (χ3v) is 6.80. The third kappa shape index (κ3) is 5.91. The zero-order valence-electron chi connectivity index (χ0n) is 16.3. The second-order valence-electron chi connectivity index (χ2n) is 7.63. The number of nitrogens with zero attached hydrogens (tertiary/aromatic N) is 4. The van der Waals surface area contributed by atoms with Gasteiger partial charge in [0.05, 0.1) is 5.75 Å². The Kier molecular flexibility index (Phi) is 7.93. The minimum atomic E-state index is 0.225. The Morgan fingerprint density at radius 1 is 1.22 bits per heavy atom. The molecule has 2 fully saturated rings. The van der Waals surface area contributed by atoms with Crippen LogP contribution in [-0.4, -0.2) is 95.4 Å². The molecule has 0 saturated carbocycles. The van der Waals surface area contributed by atoms with Gasteiger partial charge in [0.2, 0.25) is 5.91 Å². The zero-order valence-corrected chi connectivity index (χ0v) is 17.1. The normalized spacial score (nSPS) is 24.9. The van der Waals surface area contributed by atoms with E-state index in [2.05, 4.69) is 21.8 Å². The van der Waals surface area contributed by atoms with Gasteiger partial charge in [-0.15, -0.1) is 11.8 Å². The lowest BCUT2D eigenvalue weighted by Gasteiger charge is -2.46. The highest BCUT2D eigenvalue weighted by atomic mass is 32.2. The number of hydrogen-bond acceptors (Lipinski definition) is 6. The molecular weight excluding hydrogens is 360 g/mol. The molecule has 2 aliphatic heterocycles. The number of likely N-dealkylation sites (tertiary alicyclic amines) is 1. The molecule has 1 amide bonds. The first-order chi connectivity index (χ1) is 13.2. The Morgan fingerprint density at radius 2 is 1.96 bits per heavy atom. The zero-order chi connectivity index (χ0) is 19.1. The van der Waals surface area contributed by atoms with Crippen LogP contribution in [0.4, 0.5) is 0 Å². The van der Waals surface area contributed by atoms with E-state index in [1.807, 2.05) is 17.0 Å². The summed E-state index contributed by atoms with van der Waals surface area (Å²) in [5, 5.41) is 9.30. The minimum Gasteiger partial charge on any atom is -0.396 e. The van der Waals surface area contributed by atoms with Crippen LogP contribution in [-0.2, 0) is 4.79 Å². The highest BCUT2D eigenvalue weighted by Gasteiger charge is 2.35. The second-order valence-corrected chi connectivity index (χ2v) is 8.68. The summed E-state index contributed by atoms with van der Waals surface area (Å²) < 4.78 is 0. The van der Waals surface area contributed by atoms with Gasteiger partial charge in [0.15, 0.2) is 0 Å². The molecule has 3 rings (SSSR count). The van der Waals surface area contributed by atoms with E-state index in [0.717, 1.165) is 63.4 Å². The van der Waals surface area contributed by atoms with Crippen molar-refractivity contribution < 1.29 is 9.90 Å². The molecular formula is C20H32N4O2S. The molecule has 3 heterocycles. The van der Waals surface area contributed by atoms with Crippen LogP contribution in [0.25, 0.3) is 0 Å². The number of pyridine rings is 1. The Labute approximate surface area is 166 Å². The molecule has 7 heteroatoms. The Morgan fingerprint density at radius 3 is 2.67 bits per heavy atom. The van der Waals surface area contributed by atoms with Gasteiger partial charge in [0.25, 0.3) is 0 Å². The SMILES string of the molecule is CN1CCN([C@H]2CCN(C(=O)CSc3ccncc3)C[C@H]2CCCO)CC1. The molecule has 0 spiro atoms. The molecule has 2 aliphatic rings. The lowest BCUT2D eigenvalue weighted by atomic mass is 9.86. The topological polar surface area (TPSA) is 59.9 Å². The molecule has 0 radical (unpaired) electrons. The summed E-state index contributed by atoms with van der Waals surface area (Å²) in [4.78, 5) is 24.9. The fraction of sp³-hybridized carbons (Fsp3) is 0.700. The second kappa shape index (κ2) is 10.4. The summed E-state index contributed by atoms with van der Waals surface area (Å²) in [6.45, 7) is 6.38. The van der Waals surface area contributed by atoms with Crippen molar-refractivity contribution in [1.29, 1.82) is 0 Å². The first-order valence-electron chi connectivity index (χ1n) is 10.0. The van der Waals surface area contributed by atoms with E-state index in [-0.39, 0.29) is 12.5 Å². The lowest BCUT2D eigenvalue weighted by Crippen LogP contribution is -2.57. The van der Waals surface area contributed by atoms with Crippen molar-refractivity contribution >= 4 is 17.7 Å². The number of aliphatic hydroxyl groups excluding tert-OH is 1. The maximum Gasteiger partial charge on any atom is 0.232 e. The molecule has 0 aliphatic carbocycles. The molecule has 1 N–H and O–H groups in total. The number of amides is 1. The van der Waals surface area contributed by atoms with E-state index in [0.29, 0.717) is 17.7 Å². The average molecular weight is 393 g/mol. The van der Waals surface area contributed by atoms with Crippen LogP contribution < -0.4 is 0 Å². The van der Waals surface area contributed by atoms with Gasteiger partial charge in [0.1, 0.15) is 0 Å². The van der Waals surface area contributed by atoms with Crippen LogP contribution >= 0.6 is 11.8 Å². The lowest BCUT2D eigenvalue weighted by molar-refractivity contribution is -0.131. The minimum absolute atomic E-state index is 0.225. The first-order valence-corrected chi connectivity index (χ1v) is 11.0. The van der Waals surface area contributed by atoms with Crippen molar-refractivity contribution in [1.82, 2.24) is 19.7 Å². The van der Waals surface area contributed by atoms with Gasteiger partial charge in [-0.2, -0.15) is 0 Å². The highest BCUT2D eigenvalue weighted by Crippen LogP contribution is 2.28. The molecule has 27 heavy (non-hydrogen) atoms. The summed E-state index contributed by atoms with van der Waals surface area (Å²) in [6, 6.07) is 4.44. The molecule has 150 valence electrons. The van der Waals surface area contributed by atoms with Gasteiger partial charge in [0, 0.05) is 69.2 Å². The maximum atomic E-state index is 12.7. The van der Waals surface area contributed by atoms with Gasteiger partial charge in [-0.05, 0) is 44.4 Å². The number of carbonyl (C=O) groups is 1. The average Bonchev–Trinajstić information content (AvgIpc) is 2.71. The van der Waals surface area contributed by atoms with E-state index in [4.69, 9.17) is 0 Å². The Hall–Kier alpha value is -1.15.